The molecule has 1 nitrogen and oxygen atoms in total. The Morgan fingerprint density at radius 2 is 2.06 bits per heavy atom. The van der Waals surface area contributed by atoms with Crippen molar-refractivity contribution < 1.29 is 4.39 Å². The zero-order valence-corrected chi connectivity index (χ0v) is 10.0. The van der Waals surface area contributed by atoms with Gasteiger partial charge in [-0.25, -0.2) is 4.39 Å². The van der Waals surface area contributed by atoms with Gasteiger partial charge in [-0.15, -0.1) is 0 Å². The third-order valence-electron chi connectivity index (χ3n) is 3.63. The fraction of sp³-hybridized carbons (Fsp3) is 0.571. The van der Waals surface area contributed by atoms with E-state index in [9.17, 15) is 4.39 Å². The highest BCUT2D eigenvalue weighted by atomic mass is 19.1. The first kappa shape index (κ1) is 11.4. The van der Waals surface area contributed by atoms with Crippen molar-refractivity contribution in [2.75, 3.05) is 5.32 Å². The third-order valence-corrected chi connectivity index (χ3v) is 3.63. The van der Waals surface area contributed by atoms with Crippen molar-refractivity contribution in [2.45, 2.75) is 39.2 Å². The van der Waals surface area contributed by atoms with Gasteiger partial charge < -0.3 is 5.32 Å². The SMILES string of the molecule is CC1CCC(C)C(Nc2cccc(F)c2)C1. The molecule has 1 aromatic carbocycles. The molecule has 0 heterocycles. The van der Waals surface area contributed by atoms with E-state index in [2.05, 4.69) is 19.2 Å². The molecule has 1 N–H and O–H groups in total. The second-order valence-electron chi connectivity index (χ2n) is 5.16. The van der Waals surface area contributed by atoms with Gasteiger partial charge in [-0.3, -0.25) is 0 Å². The van der Waals surface area contributed by atoms with Gasteiger partial charge in [-0.05, 0) is 42.9 Å². The molecule has 3 atom stereocenters. The molecule has 1 saturated carbocycles. The fourth-order valence-electron chi connectivity index (χ4n) is 2.53. The van der Waals surface area contributed by atoms with Crippen molar-refractivity contribution in [2.24, 2.45) is 11.8 Å². The first-order chi connectivity index (χ1) is 7.65. The predicted octanol–water partition coefficient (Wildman–Crippen LogP) is 4.06. The Hall–Kier alpha value is -1.05. The van der Waals surface area contributed by atoms with Crippen LogP contribution < -0.4 is 5.32 Å². The molecule has 16 heavy (non-hydrogen) atoms. The van der Waals surface area contributed by atoms with Crippen molar-refractivity contribution in [3.8, 4) is 0 Å². The van der Waals surface area contributed by atoms with E-state index in [1.54, 1.807) is 12.1 Å². The second kappa shape index (κ2) is 4.86. The van der Waals surface area contributed by atoms with Crippen molar-refractivity contribution in [3.63, 3.8) is 0 Å². The number of anilines is 1. The molecular weight excluding hydrogens is 201 g/mol. The van der Waals surface area contributed by atoms with E-state index in [1.807, 2.05) is 6.07 Å². The highest BCUT2D eigenvalue weighted by Crippen LogP contribution is 2.30. The monoisotopic (exact) mass is 221 g/mol. The van der Waals surface area contributed by atoms with Crippen LogP contribution in [0.15, 0.2) is 24.3 Å². The number of rotatable bonds is 2. The lowest BCUT2D eigenvalue weighted by Gasteiger charge is -2.34. The molecule has 1 aliphatic rings. The number of hydrogen-bond acceptors (Lipinski definition) is 1. The quantitative estimate of drug-likeness (QED) is 0.794. The highest BCUT2D eigenvalue weighted by molar-refractivity contribution is 5.44. The van der Waals surface area contributed by atoms with Gasteiger partial charge in [0.15, 0.2) is 0 Å². The van der Waals surface area contributed by atoms with E-state index >= 15 is 0 Å². The van der Waals surface area contributed by atoms with Crippen LogP contribution in [0.3, 0.4) is 0 Å². The lowest BCUT2D eigenvalue weighted by Crippen LogP contribution is -2.33. The van der Waals surface area contributed by atoms with Gasteiger partial charge in [0.25, 0.3) is 0 Å². The Morgan fingerprint density at radius 1 is 1.25 bits per heavy atom. The number of hydrogen-bond donors (Lipinski definition) is 1. The molecule has 0 radical (unpaired) electrons. The molecule has 1 fully saturated rings. The van der Waals surface area contributed by atoms with E-state index in [0.29, 0.717) is 12.0 Å². The van der Waals surface area contributed by atoms with Crippen molar-refractivity contribution in [3.05, 3.63) is 30.1 Å². The zero-order valence-electron chi connectivity index (χ0n) is 10.0. The van der Waals surface area contributed by atoms with Crippen LogP contribution in [0, 0.1) is 17.7 Å². The average Bonchev–Trinajstić information content (AvgIpc) is 2.24. The summed E-state index contributed by atoms with van der Waals surface area (Å²) >= 11 is 0. The van der Waals surface area contributed by atoms with Gasteiger partial charge in [0.05, 0.1) is 0 Å². The Labute approximate surface area is 97.1 Å². The summed E-state index contributed by atoms with van der Waals surface area (Å²) < 4.78 is 13.1. The van der Waals surface area contributed by atoms with Gasteiger partial charge in [0.2, 0.25) is 0 Å². The van der Waals surface area contributed by atoms with Gasteiger partial charge in [-0.1, -0.05) is 26.3 Å². The van der Waals surface area contributed by atoms with Crippen LogP contribution in [0.2, 0.25) is 0 Å². The van der Waals surface area contributed by atoms with Crippen LogP contribution >= 0.6 is 0 Å². The molecule has 3 unspecified atom stereocenters. The highest BCUT2D eigenvalue weighted by Gasteiger charge is 2.25. The number of halogens is 1. The lowest BCUT2D eigenvalue weighted by atomic mass is 9.80. The summed E-state index contributed by atoms with van der Waals surface area (Å²) in [7, 11) is 0. The molecule has 0 aromatic heterocycles. The molecule has 1 aliphatic carbocycles. The molecule has 2 heteroatoms. The molecule has 0 aliphatic heterocycles. The fourth-order valence-corrected chi connectivity index (χ4v) is 2.53. The molecule has 0 bridgehead atoms. The predicted molar refractivity (Wildman–Crippen MR) is 66.0 cm³/mol. The molecule has 0 spiro atoms. The van der Waals surface area contributed by atoms with Gasteiger partial charge in [0.1, 0.15) is 5.82 Å². The Balaban J connectivity index is 2.02. The molecule has 1 aromatic rings. The van der Waals surface area contributed by atoms with Crippen molar-refractivity contribution in [1.82, 2.24) is 0 Å². The van der Waals surface area contributed by atoms with E-state index in [4.69, 9.17) is 0 Å². The average molecular weight is 221 g/mol. The number of nitrogens with one attached hydrogen (secondary N) is 1. The second-order valence-corrected chi connectivity index (χ2v) is 5.16. The smallest absolute Gasteiger partial charge is 0.125 e. The summed E-state index contributed by atoms with van der Waals surface area (Å²) in [6, 6.07) is 7.25. The van der Waals surface area contributed by atoms with E-state index < -0.39 is 0 Å². The summed E-state index contributed by atoms with van der Waals surface area (Å²) in [5.41, 5.74) is 0.908. The Kier molecular flexibility index (Phi) is 3.47. The van der Waals surface area contributed by atoms with Crippen molar-refractivity contribution in [1.29, 1.82) is 0 Å². The van der Waals surface area contributed by atoms with Gasteiger partial charge >= 0.3 is 0 Å². The minimum Gasteiger partial charge on any atom is -0.382 e. The Bertz CT molecular complexity index is 350. The molecule has 88 valence electrons. The molecule has 0 amide bonds. The molecule has 2 rings (SSSR count). The maximum absolute atomic E-state index is 13.1. The molecule has 0 saturated heterocycles. The summed E-state index contributed by atoms with van der Waals surface area (Å²) in [4.78, 5) is 0. The van der Waals surface area contributed by atoms with Gasteiger partial charge in [-0.2, -0.15) is 0 Å². The van der Waals surface area contributed by atoms with E-state index in [0.717, 1.165) is 11.6 Å². The molecular formula is C14H20FN. The van der Waals surface area contributed by atoms with E-state index in [-0.39, 0.29) is 5.82 Å². The van der Waals surface area contributed by atoms with Crippen LogP contribution in [0.1, 0.15) is 33.1 Å². The third kappa shape index (κ3) is 2.75. The summed E-state index contributed by atoms with van der Waals surface area (Å²) in [6.07, 6.45) is 3.79. The first-order valence-corrected chi connectivity index (χ1v) is 6.17. The maximum atomic E-state index is 13.1. The normalized spacial score (nSPS) is 30.1. The Morgan fingerprint density at radius 3 is 2.81 bits per heavy atom. The van der Waals surface area contributed by atoms with Crippen LogP contribution in [0.5, 0.6) is 0 Å². The topological polar surface area (TPSA) is 12.0 Å². The van der Waals surface area contributed by atoms with Crippen molar-refractivity contribution >= 4 is 5.69 Å². The summed E-state index contributed by atoms with van der Waals surface area (Å²) in [5.74, 6) is 1.29. The van der Waals surface area contributed by atoms with Crippen LogP contribution in [0.25, 0.3) is 0 Å². The lowest BCUT2D eigenvalue weighted by molar-refractivity contribution is 0.280. The van der Waals surface area contributed by atoms with Crippen LogP contribution in [-0.4, -0.2) is 6.04 Å². The van der Waals surface area contributed by atoms with Gasteiger partial charge in [0, 0.05) is 11.7 Å². The van der Waals surface area contributed by atoms with E-state index in [1.165, 1.54) is 25.3 Å². The summed E-state index contributed by atoms with van der Waals surface area (Å²) in [6.45, 7) is 4.58. The number of benzene rings is 1. The van der Waals surface area contributed by atoms with Crippen LogP contribution in [0.4, 0.5) is 10.1 Å². The zero-order chi connectivity index (χ0) is 11.5. The largest absolute Gasteiger partial charge is 0.382 e. The standard InChI is InChI=1S/C14H20FN/c1-10-6-7-11(2)14(8-10)16-13-5-3-4-12(15)9-13/h3-5,9-11,14,16H,6-8H2,1-2H3. The first-order valence-electron chi connectivity index (χ1n) is 6.17. The maximum Gasteiger partial charge on any atom is 0.125 e. The summed E-state index contributed by atoms with van der Waals surface area (Å²) in [5, 5.41) is 3.46. The minimum atomic E-state index is -0.165. The minimum absolute atomic E-state index is 0.165. The van der Waals surface area contributed by atoms with Crippen LogP contribution in [-0.2, 0) is 0 Å².